The first-order valence-electron chi connectivity index (χ1n) is 7.20. The molecule has 2 aromatic rings. The van der Waals surface area contributed by atoms with Gasteiger partial charge >= 0.3 is 0 Å². The van der Waals surface area contributed by atoms with E-state index in [4.69, 9.17) is 10.2 Å². The summed E-state index contributed by atoms with van der Waals surface area (Å²) in [5, 5.41) is 0. The minimum atomic E-state index is -0.306. The molecule has 1 aromatic carbocycles. The summed E-state index contributed by atoms with van der Waals surface area (Å²) in [6.45, 7) is 5.60. The molecule has 1 heterocycles. The van der Waals surface area contributed by atoms with E-state index in [2.05, 4.69) is 11.8 Å². The molecule has 4 heteroatoms. The van der Waals surface area contributed by atoms with E-state index < -0.39 is 0 Å². The summed E-state index contributed by atoms with van der Waals surface area (Å²) >= 11 is 0. The first-order chi connectivity index (χ1) is 9.99. The SMILES string of the molecule is Cc1occc1CN(C)CC(C)C(N)c1ccccc1F. The highest BCUT2D eigenvalue weighted by molar-refractivity contribution is 5.21. The average molecular weight is 290 g/mol. The van der Waals surface area contributed by atoms with Crippen LogP contribution in [0.5, 0.6) is 0 Å². The largest absolute Gasteiger partial charge is 0.469 e. The van der Waals surface area contributed by atoms with Gasteiger partial charge in [-0.1, -0.05) is 25.1 Å². The first-order valence-corrected chi connectivity index (χ1v) is 7.20. The lowest BCUT2D eigenvalue weighted by molar-refractivity contribution is 0.255. The van der Waals surface area contributed by atoms with Gasteiger partial charge in [-0.3, -0.25) is 0 Å². The molecule has 21 heavy (non-hydrogen) atoms. The quantitative estimate of drug-likeness (QED) is 0.885. The monoisotopic (exact) mass is 290 g/mol. The molecule has 0 saturated heterocycles. The Hall–Kier alpha value is -1.65. The van der Waals surface area contributed by atoms with Gasteiger partial charge in [0.1, 0.15) is 11.6 Å². The third kappa shape index (κ3) is 3.93. The summed E-state index contributed by atoms with van der Waals surface area (Å²) in [5.41, 5.74) is 7.96. The van der Waals surface area contributed by atoms with E-state index in [0.29, 0.717) is 5.56 Å². The number of halogens is 1. The van der Waals surface area contributed by atoms with E-state index in [1.807, 2.05) is 26.1 Å². The fourth-order valence-corrected chi connectivity index (χ4v) is 2.59. The molecule has 0 radical (unpaired) electrons. The standard InChI is InChI=1S/C17H23FN2O/c1-12(17(19)15-6-4-5-7-16(15)18)10-20(3)11-14-8-9-21-13(14)2/h4-9,12,17H,10-11,19H2,1-3H3. The summed E-state index contributed by atoms with van der Waals surface area (Å²) < 4.78 is 19.1. The molecule has 0 aliphatic rings. The number of aryl methyl sites for hydroxylation is 1. The number of nitrogens with two attached hydrogens (primary N) is 1. The minimum Gasteiger partial charge on any atom is -0.469 e. The Bertz CT molecular complexity index is 582. The molecule has 1 aromatic heterocycles. The Balaban J connectivity index is 1.96. The Morgan fingerprint density at radius 2 is 2.00 bits per heavy atom. The molecule has 2 atom stereocenters. The third-order valence-electron chi connectivity index (χ3n) is 3.88. The predicted molar refractivity (Wildman–Crippen MR) is 82.3 cm³/mol. The van der Waals surface area contributed by atoms with E-state index in [1.165, 1.54) is 11.6 Å². The Morgan fingerprint density at radius 1 is 1.29 bits per heavy atom. The maximum atomic E-state index is 13.8. The summed E-state index contributed by atoms with van der Waals surface area (Å²) in [6, 6.07) is 8.40. The van der Waals surface area contributed by atoms with E-state index >= 15 is 0 Å². The summed E-state index contributed by atoms with van der Waals surface area (Å²) in [4.78, 5) is 2.18. The molecule has 0 saturated carbocycles. The normalized spacial score (nSPS) is 14.4. The van der Waals surface area contributed by atoms with Gasteiger partial charge in [0.05, 0.1) is 6.26 Å². The molecule has 0 fully saturated rings. The number of hydrogen-bond acceptors (Lipinski definition) is 3. The second kappa shape index (κ2) is 6.87. The second-order valence-corrected chi connectivity index (χ2v) is 5.72. The minimum absolute atomic E-state index is 0.152. The fraction of sp³-hybridized carbons (Fsp3) is 0.412. The highest BCUT2D eigenvalue weighted by atomic mass is 19.1. The van der Waals surface area contributed by atoms with E-state index in [-0.39, 0.29) is 17.8 Å². The summed E-state index contributed by atoms with van der Waals surface area (Å²) in [5.74, 6) is 0.859. The molecule has 0 aliphatic carbocycles. The number of hydrogen-bond donors (Lipinski definition) is 1. The van der Waals surface area contributed by atoms with E-state index in [1.54, 1.807) is 18.4 Å². The molecule has 0 bridgehead atoms. The number of nitrogens with zero attached hydrogens (tertiary/aromatic N) is 1. The van der Waals surface area contributed by atoms with Gasteiger partial charge in [-0.15, -0.1) is 0 Å². The first kappa shape index (κ1) is 15.7. The van der Waals surface area contributed by atoms with Crippen LogP contribution in [0.4, 0.5) is 4.39 Å². The van der Waals surface area contributed by atoms with Crippen molar-refractivity contribution in [2.75, 3.05) is 13.6 Å². The maximum Gasteiger partial charge on any atom is 0.127 e. The average Bonchev–Trinajstić information content (AvgIpc) is 2.84. The van der Waals surface area contributed by atoms with Crippen LogP contribution in [-0.4, -0.2) is 18.5 Å². The van der Waals surface area contributed by atoms with Gasteiger partial charge in [0.15, 0.2) is 0 Å². The van der Waals surface area contributed by atoms with Gasteiger partial charge in [-0.25, -0.2) is 4.39 Å². The van der Waals surface area contributed by atoms with Crippen molar-refractivity contribution >= 4 is 0 Å². The maximum absolute atomic E-state index is 13.8. The Kier molecular flexibility index (Phi) is 5.15. The topological polar surface area (TPSA) is 42.4 Å². The highest BCUT2D eigenvalue weighted by Gasteiger charge is 2.19. The molecule has 0 spiro atoms. The van der Waals surface area contributed by atoms with Crippen LogP contribution in [0.15, 0.2) is 41.0 Å². The Morgan fingerprint density at radius 3 is 2.62 bits per heavy atom. The van der Waals surface area contributed by atoms with E-state index in [0.717, 1.165) is 18.8 Å². The van der Waals surface area contributed by atoms with Gasteiger partial charge in [-0.05, 0) is 32.0 Å². The van der Waals surface area contributed by atoms with Crippen molar-refractivity contribution in [2.45, 2.75) is 26.4 Å². The second-order valence-electron chi connectivity index (χ2n) is 5.72. The molecule has 2 N–H and O–H groups in total. The lowest BCUT2D eigenvalue weighted by Crippen LogP contribution is -2.31. The number of furan rings is 1. The summed E-state index contributed by atoms with van der Waals surface area (Å²) in [7, 11) is 2.04. The summed E-state index contributed by atoms with van der Waals surface area (Å²) in [6.07, 6.45) is 1.70. The van der Waals surface area contributed by atoms with Crippen LogP contribution < -0.4 is 5.73 Å². The van der Waals surface area contributed by atoms with Gasteiger partial charge in [0.2, 0.25) is 0 Å². The molecule has 0 amide bonds. The predicted octanol–water partition coefficient (Wildman–Crippen LogP) is 3.50. The van der Waals surface area contributed by atoms with Crippen LogP contribution in [0.25, 0.3) is 0 Å². The molecule has 114 valence electrons. The smallest absolute Gasteiger partial charge is 0.127 e. The molecular formula is C17H23FN2O. The Labute approximate surface area is 125 Å². The van der Waals surface area contributed by atoms with Crippen molar-refractivity contribution in [3.63, 3.8) is 0 Å². The van der Waals surface area contributed by atoms with Crippen molar-refractivity contribution < 1.29 is 8.81 Å². The lowest BCUT2D eigenvalue weighted by Gasteiger charge is -2.26. The van der Waals surface area contributed by atoms with Crippen LogP contribution in [0.1, 0.15) is 29.9 Å². The van der Waals surface area contributed by atoms with Crippen molar-refractivity contribution in [3.8, 4) is 0 Å². The van der Waals surface area contributed by atoms with Crippen LogP contribution >= 0.6 is 0 Å². The van der Waals surface area contributed by atoms with Crippen molar-refractivity contribution in [1.29, 1.82) is 0 Å². The van der Waals surface area contributed by atoms with Gasteiger partial charge in [0.25, 0.3) is 0 Å². The highest BCUT2D eigenvalue weighted by Crippen LogP contribution is 2.23. The zero-order valence-electron chi connectivity index (χ0n) is 12.8. The van der Waals surface area contributed by atoms with Gasteiger partial charge in [0, 0.05) is 30.3 Å². The van der Waals surface area contributed by atoms with Crippen molar-refractivity contribution in [1.82, 2.24) is 4.90 Å². The van der Waals surface area contributed by atoms with Crippen LogP contribution in [0, 0.1) is 18.7 Å². The van der Waals surface area contributed by atoms with E-state index in [9.17, 15) is 4.39 Å². The van der Waals surface area contributed by atoms with Crippen LogP contribution in [0.3, 0.4) is 0 Å². The van der Waals surface area contributed by atoms with Crippen molar-refractivity contribution in [3.05, 3.63) is 59.3 Å². The molecule has 3 nitrogen and oxygen atoms in total. The van der Waals surface area contributed by atoms with Crippen LogP contribution in [0.2, 0.25) is 0 Å². The molecule has 0 aliphatic heterocycles. The van der Waals surface area contributed by atoms with Crippen molar-refractivity contribution in [2.24, 2.45) is 11.7 Å². The van der Waals surface area contributed by atoms with Gasteiger partial charge < -0.3 is 15.1 Å². The lowest BCUT2D eigenvalue weighted by atomic mass is 9.94. The molecule has 2 unspecified atom stereocenters. The number of benzene rings is 1. The third-order valence-corrected chi connectivity index (χ3v) is 3.88. The van der Waals surface area contributed by atoms with Crippen LogP contribution in [-0.2, 0) is 6.54 Å². The number of rotatable bonds is 6. The zero-order chi connectivity index (χ0) is 15.4. The fourth-order valence-electron chi connectivity index (χ4n) is 2.59. The zero-order valence-corrected chi connectivity index (χ0v) is 12.8. The molecule has 2 rings (SSSR count). The van der Waals surface area contributed by atoms with Gasteiger partial charge in [-0.2, -0.15) is 0 Å². The molecular weight excluding hydrogens is 267 g/mol.